The number of carbonyl (C=O) groups excluding carboxylic acids is 2. The fourth-order valence-corrected chi connectivity index (χ4v) is 1.39. The van der Waals surface area contributed by atoms with Gasteiger partial charge in [0.15, 0.2) is 0 Å². The number of phenolic OH excluding ortho intramolecular Hbond substituents is 1. The summed E-state index contributed by atoms with van der Waals surface area (Å²) < 4.78 is 4.36. The molecule has 0 atom stereocenters. The van der Waals surface area contributed by atoms with Crippen molar-refractivity contribution in [3.63, 3.8) is 0 Å². The lowest BCUT2D eigenvalue weighted by Crippen LogP contribution is -2.16. The van der Waals surface area contributed by atoms with Crippen molar-refractivity contribution < 1.29 is 19.4 Å². The van der Waals surface area contributed by atoms with E-state index in [-0.39, 0.29) is 12.2 Å². The Morgan fingerprint density at radius 3 is 2.40 bits per heavy atom. The van der Waals surface area contributed by atoms with Crippen molar-refractivity contribution in [2.75, 3.05) is 0 Å². The maximum atomic E-state index is 11.0. The van der Waals surface area contributed by atoms with Crippen LogP contribution in [-0.2, 0) is 14.3 Å². The Labute approximate surface area is 85.8 Å². The molecule has 2 rings (SSSR count). The smallest absolute Gasteiger partial charge is 0.338 e. The first-order chi connectivity index (χ1) is 7.15. The molecule has 1 aromatic carbocycles. The molecule has 1 aliphatic rings. The van der Waals surface area contributed by atoms with Gasteiger partial charge in [-0.1, -0.05) is 12.1 Å². The third kappa shape index (κ3) is 2.04. The predicted octanol–water partition coefficient (Wildman–Crippen LogP) is 1.25. The average Bonchev–Trinajstić information content (AvgIpc) is 2.17. The number of benzene rings is 1. The molecule has 0 radical (unpaired) electrons. The van der Waals surface area contributed by atoms with Crippen LogP contribution in [0.3, 0.4) is 0 Å². The minimum Gasteiger partial charge on any atom is -0.508 e. The van der Waals surface area contributed by atoms with E-state index in [9.17, 15) is 9.59 Å². The van der Waals surface area contributed by atoms with Crippen molar-refractivity contribution in [1.82, 2.24) is 0 Å². The van der Waals surface area contributed by atoms with Crippen LogP contribution in [0.4, 0.5) is 0 Å². The number of carbonyl (C=O) groups is 2. The van der Waals surface area contributed by atoms with Gasteiger partial charge in [0.2, 0.25) is 0 Å². The fourth-order valence-electron chi connectivity index (χ4n) is 1.39. The summed E-state index contributed by atoms with van der Waals surface area (Å²) in [6.45, 7) is 0. The minimum atomic E-state index is -0.644. The van der Waals surface area contributed by atoms with Gasteiger partial charge in [-0.2, -0.15) is 0 Å². The van der Waals surface area contributed by atoms with E-state index in [1.807, 2.05) is 0 Å². The number of cyclic esters (lactones) is 2. The first-order valence-electron chi connectivity index (χ1n) is 4.40. The Balaban J connectivity index is 2.34. The molecule has 4 nitrogen and oxygen atoms in total. The van der Waals surface area contributed by atoms with Gasteiger partial charge >= 0.3 is 11.9 Å². The number of rotatable bonds is 1. The molecule has 0 fully saturated rings. The lowest BCUT2D eigenvalue weighted by molar-refractivity contribution is -0.156. The number of esters is 2. The molecule has 76 valence electrons. The maximum absolute atomic E-state index is 11.0. The highest BCUT2D eigenvalue weighted by Gasteiger charge is 2.19. The second-order valence-electron chi connectivity index (χ2n) is 3.19. The summed E-state index contributed by atoms with van der Waals surface area (Å²) in [6.07, 6.45) is 1.37. The molecular formula is C11H8O4. The Morgan fingerprint density at radius 1 is 1.13 bits per heavy atom. The standard InChI is InChI=1S/C11H8O4/c12-9-3-1-7(2-4-9)8-5-10(13)15-11(14)6-8/h1-5,12H,6H2. The van der Waals surface area contributed by atoms with Crippen LogP contribution < -0.4 is 0 Å². The summed E-state index contributed by atoms with van der Waals surface area (Å²) in [5, 5.41) is 9.08. The van der Waals surface area contributed by atoms with E-state index in [0.29, 0.717) is 5.57 Å². The SMILES string of the molecule is O=C1C=C(c2ccc(O)cc2)CC(=O)O1. The zero-order valence-corrected chi connectivity index (χ0v) is 7.77. The third-order valence-electron chi connectivity index (χ3n) is 2.08. The second kappa shape index (κ2) is 3.57. The lowest BCUT2D eigenvalue weighted by atomic mass is 10.0. The number of hydrogen-bond donors (Lipinski definition) is 1. The van der Waals surface area contributed by atoms with Crippen molar-refractivity contribution in [3.05, 3.63) is 35.9 Å². The van der Waals surface area contributed by atoms with Gasteiger partial charge in [-0.15, -0.1) is 0 Å². The summed E-state index contributed by atoms with van der Waals surface area (Å²) in [7, 11) is 0. The zero-order valence-electron chi connectivity index (χ0n) is 7.77. The van der Waals surface area contributed by atoms with Gasteiger partial charge < -0.3 is 9.84 Å². The molecule has 0 amide bonds. The van der Waals surface area contributed by atoms with Crippen LogP contribution in [0.1, 0.15) is 12.0 Å². The van der Waals surface area contributed by atoms with E-state index in [2.05, 4.69) is 4.74 Å². The largest absolute Gasteiger partial charge is 0.508 e. The molecule has 0 saturated carbocycles. The Hall–Kier alpha value is -2.10. The quantitative estimate of drug-likeness (QED) is 0.552. The van der Waals surface area contributed by atoms with Crippen LogP contribution in [0.25, 0.3) is 5.57 Å². The molecule has 15 heavy (non-hydrogen) atoms. The van der Waals surface area contributed by atoms with Crippen molar-refractivity contribution in [2.45, 2.75) is 6.42 Å². The molecule has 1 heterocycles. The van der Waals surface area contributed by atoms with Crippen LogP contribution in [0.2, 0.25) is 0 Å². The summed E-state index contributed by atoms with van der Waals surface area (Å²) in [5.74, 6) is -1.05. The van der Waals surface area contributed by atoms with Gasteiger partial charge in [-0.3, -0.25) is 4.79 Å². The average molecular weight is 204 g/mol. The molecule has 0 saturated heterocycles. The molecule has 0 unspecified atom stereocenters. The Bertz CT molecular complexity index is 442. The van der Waals surface area contributed by atoms with Gasteiger partial charge in [0, 0.05) is 6.08 Å². The molecule has 1 N–H and O–H groups in total. The van der Waals surface area contributed by atoms with Gasteiger partial charge in [-0.05, 0) is 23.3 Å². The number of aromatic hydroxyl groups is 1. The van der Waals surface area contributed by atoms with E-state index in [0.717, 1.165) is 5.56 Å². The molecular weight excluding hydrogens is 196 g/mol. The first kappa shape index (κ1) is 9.45. The van der Waals surface area contributed by atoms with Crippen LogP contribution in [-0.4, -0.2) is 17.0 Å². The van der Waals surface area contributed by atoms with Gasteiger partial charge in [0.25, 0.3) is 0 Å². The van der Waals surface area contributed by atoms with Gasteiger partial charge in [0.1, 0.15) is 5.75 Å². The highest BCUT2D eigenvalue weighted by Crippen LogP contribution is 2.23. The number of hydrogen-bond acceptors (Lipinski definition) is 4. The second-order valence-corrected chi connectivity index (χ2v) is 3.19. The van der Waals surface area contributed by atoms with E-state index < -0.39 is 11.9 Å². The fraction of sp³-hybridized carbons (Fsp3) is 0.0909. The van der Waals surface area contributed by atoms with E-state index in [1.165, 1.54) is 18.2 Å². The highest BCUT2D eigenvalue weighted by atomic mass is 16.6. The minimum absolute atomic E-state index is 0.0799. The molecule has 0 bridgehead atoms. The van der Waals surface area contributed by atoms with Crippen molar-refractivity contribution in [2.24, 2.45) is 0 Å². The van der Waals surface area contributed by atoms with Crippen LogP contribution >= 0.6 is 0 Å². The van der Waals surface area contributed by atoms with Crippen LogP contribution in [0.5, 0.6) is 5.75 Å². The summed E-state index contributed by atoms with van der Waals surface area (Å²) >= 11 is 0. The topological polar surface area (TPSA) is 63.6 Å². The molecule has 0 aliphatic carbocycles. The zero-order chi connectivity index (χ0) is 10.8. The van der Waals surface area contributed by atoms with E-state index in [1.54, 1.807) is 12.1 Å². The molecule has 1 aliphatic heterocycles. The normalized spacial score (nSPS) is 15.9. The molecule has 1 aromatic rings. The van der Waals surface area contributed by atoms with Crippen LogP contribution in [0, 0.1) is 0 Å². The number of ether oxygens (including phenoxy) is 1. The highest BCUT2D eigenvalue weighted by molar-refractivity contribution is 6.05. The van der Waals surface area contributed by atoms with Gasteiger partial charge in [0.05, 0.1) is 6.42 Å². The van der Waals surface area contributed by atoms with Crippen LogP contribution in [0.15, 0.2) is 30.3 Å². The third-order valence-corrected chi connectivity index (χ3v) is 2.08. The summed E-state index contributed by atoms with van der Waals surface area (Å²) in [6, 6.07) is 6.29. The monoisotopic (exact) mass is 204 g/mol. The molecule has 0 spiro atoms. The lowest BCUT2D eigenvalue weighted by Gasteiger charge is -2.11. The van der Waals surface area contributed by atoms with Crippen molar-refractivity contribution >= 4 is 17.5 Å². The Kier molecular flexibility index (Phi) is 2.25. The van der Waals surface area contributed by atoms with E-state index in [4.69, 9.17) is 5.11 Å². The first-order valence-corrected chi connectivity index (χ1v) is 4.40. The predicted molar refractivity (Wildman–Crippen MR) is 51.8 cm³/mol. The van der Waals surface area contributed by atoms with Gasteiger partial charge in [-0.25, -0.2) is 4.79 Å². The van der Waals surface area contributed by atoms with E-state index >= 15 is 0 Å². The number of phenols is 1. The Morgan fingerprint density at radius 2 is 1.80 bits per heavy atom. The molecule has 4 heteroatoms. The molecule has 0 aromatic heterocycles. The van der Waals surface area contributed by atoms with Crippen molar-refractivity contribution in [1.29, 1.82) is 0 Å². The summed E-state index contributed by atoms with van der Waals surface area (Å²) in [5.41, 5.74) is 1.34. The summed E-state index contributed by atoms with van der Waals surface area (Å²) in [4.78, 5) is 21.9. The van der Waals surface area contributed by atoms with Crippen molar-refractivity contribution in [3.8, 4) is 5.75 Å². The maximum Gasteiger partial charge on any atom is 0.338 e.